The Labute approximate surface area is 147 Å². The van der Waals surface area contributed by atoms with E-state index in [2.05, 4.69) is 10.3 Å². The van der Waals surface area contributed by atoms with E-state index in [1.54, 1.807) is 28.5 Å². The number of carbonyl (C=O) groups is 2. The largest absolute Gasteiger partial charge is 0.326 e. The van der Waals surface area contributed by atoms with Crippen molar-refractivity contribution in [3.63, 3.8) is 0 Å². The number of nitrogens with one attached hydrogen (secondary N) is 1. The number of nitrogens with zero attached hydrogens (tertiary/aromatic N) is 2. The maximum atomic E-state index is 12.1. The van der Waals surface area contributed by atoms with Crippen molar-refractivity contribution in [2.75, 3.05) is 16.8 Å². The van der Waals surface area contributed by atoms with Crippen molar-refractivity contribution in [1.82, 2.24) is 4.98 Å². The highest BCUT2D eigenvalue weighted by Crippen LogP contribution is 2.26. The van der Waals surface area contributed by atoms with E-state index >= 15 is 0 Å². The Morgan fingerprint density at radius 1 is 1.30 bits per heavy atom. The maximum absolute atomic E-state index is 12.1. The van der Waals surface area contributed by atoms with E-state index < -0.39 is 0 Å². The van der Waals surface area contributed by atoms with Gasteiger partial charge >= 0.3 is 0 Å². The summed E-state index contributed by atoms with van der Waals surface area (Å²) in [6.45, 7) is 0.693. The number of hydrogen-bond acceptors (Lipinski definition) is 4. The van der Waals surface area contributed by atoms with E-state index in [9.17, 15) is 9.59 Å². The molecule has 5 nitrogen and oxygen atoms in total. The van der Waals surface area contributed by atoms with Crippen LogP contribution in [0.2, 0.25) is 10.0 Å². The van der Waals surface area contributed by atoms with Crippen LogP contribution in [-0.2, 0) is 16.0 Å². The fourth-order valence-corrected chi connectivity index (χ4v) is 3.74. The van der Waals surface area contributed by atoms with Crippen molar-refractivity contribution < 1.29 is 9.59 Å². The maximum Gasteiger partial charge on any atom is 0.230 e. The van der Waals surface area contributed by atoms with Crippen LogP contribution in [0.5, 0.6) is 0 Å². The number of aromatic nitrogens is 1. The third kappa shape index (κ3) is 4.02. The molecular formula is C15H13Cl2N3O2S. The molecule has 1 saturated heterocycles. The normalized spacial score (nSPS) is 14.3. The molecule has 1 aliphatic rings. The van der Waals surface area contributed by atoms with E-state index in [1.165, 1.54) is 11.3 Å². The Hall–Kier alpha value is -1.63. The van der Waals surface area contributed by atoms with E-state index in [1.807, 2.05) is 0 Å². The second-order valence-corrected chi connectivity index (χ2v) is 6.86. The zero-order valence-corrected chi connectivity index (χ0v) is 14.3. The molecule has 120 valence electrons. The summed E-state index contributed by atoms with van der Waals surface area (Å²) in [6, 6.07) is 4.85. The molecule has 0 radical (unpaired) electrons. The lowest BCUT2D eigenvalue weighted by Crippen LogP contribution is -2.23. The molecule has 0 aliphatic carbocycles. The Bertz CT molecular complexity index is 743. The van der Waals surface area contributed by atoms with Gasteiger partial charge in [0.15, 0.2) is 5.13 Å². The quantitative estimate of drug-likeness (QED) is 0.892. The van der Waals surface area contributed by atoms with Gasteiger partial charge in [0.1, 0.15) is 0 Å². The van der Waals surface area contributed by atoms with Crippen LogP contribution in [0.3, 0.4) is 0 Å². The van der Waals surface area contributed by atoms with Crippen molar-refractivity contribution in [1.29, 1.82) is 0 Å². The van der Waals surface area contributed by atoms with Gasteiger partial charge < -0.3 is 5.32 Å². The van der Waals surface area contributed by atoms with Gasteiger partial charge in [-0.25, -0.2) is 4.98 Å². The van der Waals surface area contributed by atoms with Gasteiger partial charge in [0.25, 0.3) is 0 Å². The van der Waals surface area contributed by atoms with Crippen molar-refractivity contribution in [3.05, 3.63) is 39.3 Å². The molecular weight excluding hydrogens is 357 g/mol. The number of rotatable bonds is 4. The predicted molar refractivity (Wildman–Crippen MR) is 92.5 cm³/mol. The summed E-state index contributed by atoms with van der Waals surface area (Å²) in [5.41, 5.74) is 1.17. The fraction of sp³-hybridized carbons (Fsp3) is 0.267. The molecule has 8 heteroatoms. The van der Waals surface area contributed by atoms with Crippen LogP contribution in [0.4, 0.5) is 10.8 Å². The Morgan fingerprint density at radius 3 is 2.70 bits per heavy atom. The van der Waals surface area contributed by atoms with E-state index in [0.717, 1.165) is 6.42 Å². The van der Waals surface area contributed by atoms with Crippen molar-refractivity contribution >= 4 is 57.2 Å². The summed E-state index contributed by atoms with van der Waals surface area (Å²) in [5.74, 6) is -0.128. The minimum Gasteiger partial charge on any atom is -0.326 e. The molecule has 2 heterocycles. The van der Waals surface area contributed by atoms with Gasteiger partial charge in [0.2, 0.25) is 11.8 Å². The fourth-order valence-electron chi connectivity index (χ4n) is 2.35. The molecule has 0 bridgehead atoms. The molecule has 1 aliphatic heterocycles. The number of carbonyl (C=O) groups excluding carboxylic acids is 2. The number of halogens is 2. The third-order valence-corrected chi connectivity index (χ3v) is 4.68. The van der Waals surface area contributed by atoms with Gasteiger partial charge in [0.05, 0.1) is 12.1 Å². The predicted octanol–water partition coefficient (Wildman–Crippen LogP) is 3.76. The lowest BCUT2D eigenvalue weighted by atomic mass is 10.3. The Morgan fingerprint density at radius 2 is 2.04 bits per heavy atom. The molecule has 1 aromatic carbocycles. The van der Waals surface area contributed by atoms with Gasteiger partial charge in [-0.1, -0.05) is 23.2 Å². The van der Waals surface area contributed by atoms with Crippen LogP contribution in [0.25, 0.3) is 0 Å². The Balaban J connectivity index is 1.64. The molecule has 0 atom stereocenters. The van der Waals surface area contributed by atoms with Gasteiger partial charge in [-0.2, -0.15) is 0 Å². The monoisotopic (exact) mass is 369 g/mol. The molecule has 2 amide bonds. The molecule has 1 N–H and O–H groups in total. The molecule has 0 spiro atoms. The second-order valence-electron chi connectivity index (χ2n) is 5.15. The highest BCUT2D eigenvalue weighted by atomic mass is 35.5. The average Bonchev–Trinajstić information content (AvgIpc) is 3.06. The summed E-state index contributed by atoms with van der Waals surface area (Å²) in [4.78, 5) is 29.8. The smallest absolute Gasteiger partial charge is 0.230 e. The summed E-state index contributed by atoms with van der Waals surface area (Å²) in [7, 11) is 0. The highest BCUT2D eigenvalue weighted by molar-refractivity contribution is 7.14. The molecule has 3 rings (SSSR count). The zero-order chi connectivity index (χ0) is 16.4. The highest BCUT2D eigenvalue weighted by Gasteiger charge is 2.24. The number of anilines is 2. The first-order chi connectivity index (χ1) is 11.0. The van der Waals surface area contributed by atoms with E-state index in [0.29, 0.717) is 39.5 Å². The summed E-state index contributed by atoms with van der Waals surface area (Å²) < 4.78 is 0. The van der Waals surface area contributed by atoms with Crippen LogP contribution in [0.15, 0.2) is 23.6 Å². The second kappa shape index (κ2) is 6.86. The SMILES string of the molecule is O=C(Cc1csc(N2CCCC2=O)n1)Nc1cc(Cl)cc(Cl)c1. The first-order valence-corrected chi connectivity index (χ1v) is 8.65. The number of benzene rings is 1. The van der Waals surface area contributed by atoms with E-state index in [4.69, 9.17) is 23.2 Å². The van der Waals surface area contributed by atoms with E-state index in [-0.39, 0.29) is 18.2 Å². The van der Waals surface area contributed by atoms with Crippen molar-refractivity contribution in [3.8, 4) is 0 Å². The molecule has 0 saturated carbocycles. The number of amides is 2. The standard InChI is InChI=1S/C15H13Cl2N3O2S/c16-9-4-10(17)6-11(5-9)18-13(21)7-12-8-23-15(19-12)20-3-1-2-14(20)22/h4-6,8H,1-3,7H2,(H,18,21). The number of hydrogen-bond donors (Lipinski definition) is 1. The van der Waals surface area contributed by atoms with Crippen LogP contribution in [0, 0.1) is 0 Å². The number of thiazole rings is 1. The lowest BCUT2D eigenvalue weighted by molar-refractivity contribution is -0.117. The van der Waals surface area contributed by atoms with Gasteiger partial charge in [0, 0.05) is 34.1 Å². The minimum atomic E-state index is -0.215. The third-order valence-electron chi connectivity index (χ3n) is 3.33. The molecule has 1 aromatic heterocycles. The molecule has 0 unspecified atom stereocenters. The van der Waals surface area contributed by atoms with Gasteiger partial charge in [-0.3, -0.25) is 14.5 Å². The average molecular weight is 370 g/mol. The Kier molecular flexibility index (Phi) is 4.84. The van der Waals surface area contributed by atoms with Gasteiger partial charge in [-0.05, 0) is 24.6 Å². The first-order valence-electron chi connectivity index (χ1n) is 7.02. The molecule has 2 aromatic rings. The molecule has 23 heavy (non-hydrogen) atoms. The summed E-state index contributed by atoms with van der Waals surface area (Å²) in [5, 5.41) is 6.10. The van der Waals surface area contributed by atoms with Gasteiger partial charge in [-0.15, -0.1) is 11.3 Å². The summed E-state index contributed by atoms with van der Waals surface area (Å²) >= 11 is 13.2. The topological polar surface area (TPSA) is 62.3 Å². The van der Waals surface area contributed by atoms with Crippen LogP contribution < -0.4 is 10.2 Å². The lowest BCUT2D eigenvalue weighted by Gasteiger charge is -2.10. The summed E-state index contributed by atoms with van der Waals surface area (Å²) in [6.07, 6.45) is 1.54. The minimum absolute atomic E-state index is 0.0870. The first kappa shape index (κ1) is 16.2. The van der Waals surface area contributed by atoms with Crippen molar-refractivity contribution in [2.45, 2.75) is 19.3 Å². The zero-order valence-electron chi connectivity index (χ0n) is 12.0. The van der Waals surface area contributed by atoms with Crippen LogP contribution >= 0.6 is 34.5 Å². The van der Waals surface area contributed by atoms with Crippen molar-refractivity contribution in [2.24, 2.45) is 0 Å². The van der Waals surface area contributed by atoms with Crippen LogP contribution in [-0.4, -0.2) is 23.3 Å². The van der Waals surface area contributed by atoms with Crippen LogP contribution in [0.1, 0.15) is 18.5 Å². The molecule has 1 fully saturated rings.